The van der Waals surface area contributed by atoms with Crippen molar-refractivity contribution in [1.29, 1.82) is 0 Å². The Morgan fingerprint density at radius 3 is 2.41 bits per heavy atom. The highest BCUT2D eigenvalue weighted by Crippen LogP contribution is 2.24. The molecule has 0 saturated carbocycles. The molecule has 0 aliphatic carbocycles. The number of hydrogen-bond donors (Lipinski definition) is 0. The molecule has 2 aliphatic rings. The van der Waals surface area contributed by atoms with Crippen molar-refractivity contribution < 1.29 is 9.53 Å². The minimum absolute atomic E-state index is 0.207. The first-order valence-corrected chi connectivity index (χ1v) is 12.9. The number of morpholine rings is 1. The van der Waals surface area contributed by atoms with Crippen molar-refractivity contribution in [1.82, 2.24) is 14.8 Å². The summed E-state index contributed by atoms with van der Waals surface area (Å²) in [5.74, 6) is 1.57. The monoisotopic (exact) mass is 506 g/mol. The summed E-state index contributed by atoms with van der Waals surface area (Å²) < 4.78 is 5.40. The summed E-state index contributed by atoms with van der Waals surface area (Å²) in [7, 11) is 2.21. The second kappa shape index (κ2) is 14.6. The number of piperidine rings is 1. The van der Waals surface area contributed by atoms with E-state index in [1.807, 2.05) is 35.2 Å². The van der Waals surface area contributed by atoms with Crippen LogP contribution in [0.1, 0.15) is 25.7 Å². The van der Waals surface area contributed by atoms with Crippen molar-refractivity contribution in [3.63, 3.8) is 0 Å². The number of aromatic nitrogens is 1. The van der Waals surface area contributed by atoms with Crippen LogP contribution in [0.5, 0.6) is 0 Å². The molecule has 1 amide bonds. The molecule has 1 atom stereocenters. The van der Waals surface area contributed by atoms with E-state index in [9.17, 15) is 4.79 Å². The predicted molar refractivity (Wildman–Crippen MR) is 140 cm³/mol. The highest BCUT2D eigenvalue weighted by molar-refractivity contribution is 6.41. The van der Waals surface area contributed by atoms with Gasteiger partial charge in [0.05, 0.1) is 23.3 Å². The Bertz CT molecular complexity index is 844. The number of carbonyl (C=O) groups excluding carboxylic acids is 1. The van der Waals surface area contributed by atoms with Crippen molar-refractivity contribution in [3.05, 3.63) is 58.7 Å². The number of pyridine rings is 1. The molecule has 2 aliphatic heterocycles. The van der Waals surface area contributed by atoms with Gasteiger partial charge >= 0.3 is 0 Å². The third kappa shape index (κ3) is 9.16. The Morgan fingerprint density at radius 2 is 1.76 bits per heavy atom. The molecule has 3 heterocycles. The molecule has 8 heteroatoms. The molecular formula is C26H36Cl2N4O2. The summed E-state index contributed by atoms with van der Waals surface area (Å²) in [6, 6.07) is 13.0. The Hall–Kier alpha value is -1.70. The zero-order chi connectivity index (χ0) is 24.2. The van der Waals surface area contributed by atoms with Crippen LogP contribution in [0.25, 0.3) is 0 Å². The summed E-state index contributed by atoms with van der Waals surface area (Å²) >= 11 is 11.2. The maximum absolute atomic E-state index is 12.2. The fraction of sp³-hybridized carbons (Fsp3) is 0.538. The van der Waals surface area contributed by atoms with Crippen LogP contribution in [0.15, 0.2) is 48.7 Å². The number of amides is 1. The maximum Gasteiger partial charge on any atom is 0.228 e. The maximum atomic E-state index is 12.2. The largest absolute Gasteiger partial charge is 0.379 e. The second-order valence-electron chi connectivity index (χ2n) is 8.91. The molecule has 2 fully saturated rings. The average molecular weight is 508 g/mol. The first-order chi connectivity index (χ1) is 16.5. The molecule has 4 rings (SSSR count). The van der Waals surface area contributed by atoms with Crippen LogP contribution in [0.4, 0.5) is 5.82 Å². The van der Waals surface area contributed by atoms with Crippen molar-refractivity contribution in [2.24, 2.45) is 5.92 Å². The number of anilines is 1. The lowest BCUT2D eigenvalue weighted by atomic mass is 9.94. The smallest absolute Gasteiger partial charge is 0.228 e. The van der Waals surface area contributed by atoms with Gasteiger partial charge < -0.3 is 9.64 Å². The molecule has 0 radical (unpaired) electrons. The number of carbonyl (C=O) groups is 1. The van der Waals surface area contributed by atoms with Gasteiger partial charge in [0.25, 0.3) is 0 Å². The molecule has 1 unspecified atom stereocenters. The zero-order valence-corrected chi connectivity index (χ0v) is 21.6. The number of halogens is 2. The number of ether oxygens (including phenoxy) is 1. The summed E-state index contributed by atoms with van der Waals surface area (Å²) in [5.41, 5.74) is 0. The van der Waals surface area contributed by atoms with E-state index in [4.69, 9.17) is 27.9 Å². The first-order valence-electron chi connectivity index (χ1n) is 12.1. The summed E-state index contributed by atoms with van der Waals surface area (Å²) in [6.07, 6.45) is 5.75. The molecular weight excluding hydrogens is 471 g/mol. The third-order valence-corrected chi connectivity index (χ3v) is 7.05. The minimum Gasteiger partial charge on any atom is -0.379 e. The Kier molecular flexibility index (Phi) is 11.6. The van der Waals surface area contributed by atoms with Crippen LogP contribution < -0.4 is 4.90 Å². The van der Waals surface area contributed by atoms with E-state index in [0.29, 0.717) is 22.4 Å². The Labute approximate surface area is 213 Å². The predicted octanol–water partition coefficient (Wildman–Crippen LogP) is 4.86. The molecule has 2 saturated heterocycles. The van der Waals surface area contributed by atoms with Gasteiger partial charge in [0.2, 0.25) is 5.91 Å². The quantitative estimate of drug-likeness (QED) is 0.511. The van der Waals surface area contributed by atoms with Gasteiger partial charge in [-0.25, -0.2) is 4.98 Å². The fourth-order valence-electron chi connectivity index (χ4n) is 4.23. The third-order valence-electron chi connectivity index (χ3n) is 6.30. The molecule has 0 spiro atoms. The average Bonchev–Trinajstić information content (AvgIpc) is 2.87. The van der Waals surface area contributed by atoms with E-state index in [1.165, 1.54) is 13.0 Å². The molecule has 1 aromatic carbocycles. The number of rotatable bonds is 8. The standard InChI is InChI=1S/C20H32N4O2.C6H4Cl2/c1-22(10-4-11-23-13-15-26-16-14-23)12-8-18-6-7-20(25)24(17-18)19-5-2-3-9-21-19;7-5-3-1-2-4-6(5)8/h2-3,5,9,18H,4,6-8,10-17H2,1H3;1-4H. The van der Waals surface area contributed by atoms with Crippen molar-refractivity contribution in [2.45, 2.75) is 25.7 Å². The van der Waals surface area contributed by atoms with E-state index in [0.717, 1.165) is 64.6 Å². The highest BCUT2D eigenvalue weighted by Gasteiger charge is 2.27. The lowest BCUT2D eigenvalue weighted by Gasteiger charge is -2.33. The van der Waals surface area contributed by atoms with Gasteiger partial charge in [-0.3, -0.25) is 14.6 Å². The zero-order valence-electron chi connectivity index (χ0n) is 20.0. The number of hydrogen-bond acceptors (Lipinski definition) is 5. The molecule has 0 N–H and O–H groups in total. The molecule has 34 heavy (non-hydrogen) atoms. The van der Waals surface area contributed by atoms with Gasteiger partial charge in [-0.05, 0) is 76.1 Å². The van der Waals surface area contributed by atoms with Crippen LogP contribution in [-0.2, 0) is 9.53 Å². The van der Waals surface area contributed by atoms with Crippen molar-refractivity contribution >= 4 is 34.9 Å². The topological polar surface area (TPSA) is 48.9 Å². The lowest BCUT2D eigenvalue weighted by molar-refractivity contribution is -0.120. The van der Waals surface area contributed by atoms with E-state index in [-0.39, 0.29) is 5.91 Å². The van der Waals surface area contributed by atoms with Crippen molar-refractivity contribution in [2.75, 3.05) is 64.4 Å². The molecule has 186 valence electrons. The Balaban J connectivity index is 0.000000343. The lowest BCUT2D eigenvalue weighted by Crippen LogP contribution is -2.41. The normalized spacial score (nSPS) is 19.1. The van der Waals surface area contributed by atoms with Gasteiger partial charge in [-0.2, -0.15) is 0 Å². The van der Waals surface area contributed by atoms with Gasteiger partial charge in [-0.15, -0.1) is 0 Å². The molecule has 6 nitrogen and oxygen atoms in total. The summed E-state index contributed by atoms with van der Waals surface area (Å²) in [5, 5.41) is 1.21. The van der Waals surface area contributed by atoms with E-state index in [2.05, 4.69) is 21.8 Å². The Morgan fingerprint density at radius 1 is 1.06 bits per heavy atom. The van der Waals surface area contributed by atoms with Gasteiger partial charge in [0, 0.05) is 32.3 Å². The SMILES string of the molecule is CN(CCCN1CCOCC1)CCC1CCC(=O)N(c2ccccn2)C1.Clc1ccccc1Cl. The van der Waals surface area contributed by atoms with Gasteiger partial charge in [0.1, 0.15) is 5.82 Å². The van der Waals surface area contributed by atoms with Crippen LogP contribution in [0.2, 0.25) is 10.0 Å². The second-order valence-corrected chi connectivity index (χ2v) is 9.73. The number of benzene rings is 1. The first kappa shape index (κ1) is 26.9. The van der Waals surface area contributed by atoms with Crippen LogP contribution in [0.3, 0.4) is 0 Å². The molecule has 1 aromatic heterocycles. The van der Waals surface area contributed by atoms with Crippen LogP contribution in [0, 0.1) is 5.92 Å². The fourth-order valence-corrected chi connectivity index (χ4v) is 4.50. The molecule has 0 bridgehead atoms. The van der Waals surface area contributed by atoms with Gasteiger partial charge in [0.15, 0.2) is 0 Å². The van der Waals surface area contributed by atoms with E-state index < -0.39 is 0 Å². The van der Waals surface area contributed by atoms with Crippen LogP contribution >= 0.6 is 23.2 Å². The highest BCUT2D eigenvalue weighted by atomic mass is 35.5. The minimum atomic E-state index is 0.207. The van der Waals surface area contributed by atoms with E-state index >= 15 is 0 Å². The molecule has 2 aromatic rings. The van der Waals surface area contributed by atoms with E-state index in [1.54, 1.807) is 18.3 Å². The summed E-state index contributed by atoms with van der Waals surface area (Å²) in [6.45, 7) is 8.10. The van der Waals surface area contributed by atoms with Gasteiger partial charge in [-0.1, -0.05) is 41.4 Å². The van der Waals surface area contributed by atoms with Crippen LogP contribution in [-0.4, -0.2) is 80.2 Å². The number of nitrogens with zero attached hydrogens (tertiary/aromatic N) is 4. The summed E-state index contributed by atoms with van der Waals surface area (Å²) in [4.78, 5) is 23.4. The van der Waals surface area contributed by atoms with Crippen molar-refractivity contribution in [3.8, 4) is 0 Å².